The second kappa shape index (κ2) is 4.39. The molecule has 0 amide bonds. The van der Waals surface area contributed by atoms with Gasteiger partial charge in [-0.2, -0.15) is 0 Å². The Morgan fingerprint density at radius 3 is 2.72 bits per heavy atom. The fourth-order valence-corrected chi connectivity index (χ4v) is 3.54. The number of carboxylic acid groups (broad SMARTS) is 1. The van der Waals surface area contributed by atoms with Crippen molar-refractivity contribution in [2.75, 3.05) is 6.54 Å². The standard InChI is InChI=1S/C15H19NO2/c17-14(18)12-5-8-15(9-6-12)13-4-2-1-3-11(13)7-10-16-15/h1-4,12,16H,5-10H2,(H,17,18)/t12-,15+. The summed E-state index contributed by atoms with van der Waals surface area (Å²) in [6.07, 6.45) is 4.55. The molecule has 18 heavy (non-hydrogen) atoms. The topological polar surface area (TPSA) is 49.3 Å². The molecule has 3 heteroatoms. The summed E-state index contributed by atoms with van der Waals surface area (Å²) in [7, 11) is 0. The number of benzene rings is 1. The fraction of sp³-hybridized carbons (Fsp3) is 0.533. The molecule has 1 spiro atoms. The van der Waals surface area contributed by atoms with Crippen LogP contribution in [0, 0.1) is 5.92 Å². The van der Waals surface area contributed by atoms with Crippen LogP contribution in [-0.4, -0.2) is 17.6 Å². The van der Waals surface area contributed by atoms with Gasteiger partial charge >= 0.3 is 5.97 Å². The van der Waals surface area contributed by atoms with Gasteiger partial charge in [0, 0.05) is 12.1 Å². The van der Waals surface area contributed by atoms with Crippen LogP contribution in [0.25, 0.3) is 0 Å². The van der Waals surface area contributed by atoms with Crippen LogP contribution in [0.3, 0.4) is 0 Å². The van der Waals surface area contributed by atoms with Crippen LogP contribution < -0.4 is 5.32 Å². The molecule has 2 N–H and O–H groups in total. The van der Waals surface area contributed by atoms with Gasteiger partial charge in [-0.25, -0.2) is 0 Å². The van der Waals surface area contributed by atoms with Crippen molar-refractivity contribution < 1.29 is 9.90 Å². The van der Waals surface area contributed by atoms with Crippen molar-refractivity contribution in [1.82, 2.24) is 5.32 Å². The molecule has 2 aliphatic rings. The average Bonchev–Trinajstić information content (AvgIpc) is 2.40. The van der Waals surface area contributed by atoms with Gasteiger partial charge in [0.25, 0.3) is 0 Å². The first-order valence-corrected chi connectivity index (χ1v) is 6.77. The van der Waals surface area contributed by atoms with E-state index in [4.69, 9.17) is 5.11 Å². The van der Waals surface area contributed by atoms with Crippen LogP contribution in [0.2, 0.25) is 0 Å². The maximum absolute atomic E-state index is 11.1. The summed E-state index contributed by atoms with van der Waals surface area (Å²) in [5, 5.41) is 12.8. The summed E-state index contributed by atoms with van der Waals surface area (Å²) >= 11 is 0. The van der Waals surface area contributed by atoms with Gasteiger partial charge in [0.1, 0.15) is 0 Å². The van der Waals surface area contributed by atoms with E-state index in [0.29, 0.717) is 0 Å². The number of carbonyl (C=O) groups is 1. The Kier molecular flexibility index (Phi) is 2.86. The molecule has 0 unspecified atom stereocenters. The molecule has 1 aliphatic heterocycles. The van der Waals surface area contributed by atoms with E-state index in [9.17, 15) is 4.79 Å². The number of rotatable bonds is 1. The minimum atomic E-state index is -0.631. The van der Waals surface area contributed by atoms with Crippen molar-refractivity contribution in [3.8, 4) is 0 Å². The molecule has 1 fully saturated rings. The van der Waals surface area contributed by atoms with Crippen LogP contribution in [0.1, 0.15) is 36.8 Å². The lowest BCUT2D eigenvalue weighted by Crippen LogP contribution is -2.50. The quantitative estimate of drug-likeness (QED) is 0.798. The second-order valence-corrected chi connectivity index (χ2v) is 5.53. The molecule has 0 atom stereocenters. The first-order valence-electron chi connectivity index (χ1n) is 6.77. The van der Waals surface area contributed by atoms with E-state index in [2.05, 4.69) is 29.6 Å². The van der Waals surface area contributed by atoms with Crippen molar-refractivity contribution >= 4 is 5.97 Å². The monoisotopic (exact) mass is 245 g/mol. The summed E-state index contributed by atoms with van der Waals surface area (Å²) < 4.78 is 0. The van der Waals surface area contributed by atoms with E-state index in [1.54, 1.807) is 0 Å². The first kappa shape index (κ1) is 11.7. The molecule has 3 rings (SSSR count). The fourth-order valence-electron chi connectivity index (χ4n) is 3.54. The van der Waals surface area contributed by atoms with E-state index >= 15 is 0 Å². The molecule has 96 valence electrons. The SMILES string of the molecule is O=C(O)[C@H]1CC[C@]2(CC1)NCCc1ccccc12. The molecular weight excluding hydrogens is 226 g/mol. The molecule has 1 aromatic rings. The van der Waals surface area contributed by atoms with Gasteiger partial charge in [0.05, 0.1) is 5.92 Å². The van der Waals surface area contributed by atoms with E-state index in [0.717, 1.165) is 38.6 Å². The van der Waals surface area contributed by atoms with Crippen molar-refractivity contribution in [1.29, 1.82) is 0 Å². The van der Waals surface area contributed by atoms with Crippen LogP contribution >= 0.6 is 0 Å². The molecule has 0 bridgehead atoms. The Morgan fingerprint density at radius 2 is 2.00 bits per heavy atom. The molecule has 0 saturated heterocycles. The van der Waals surface area contributed by atoms with Crippen molar-refractivity contribution in [2.24, 2.45) is 5.92 Å². The highest BCUT2D eigenvalue weighted by atomic mass is 16.4. The summed E-state index contributed by atoms with van der Waals surface area (Å²) in [6, 6.07) is 8.61. The van der Waals surface area contributed by atoms with Gasteiger partial charge in [0.15, 0.2) is 0 Å². The lowest BCUT2D eigenvalue weighted by Gasteiger charge is -2.44. The number of fused-ring (bicyclic) bond motifs is 2. The zero-order chi connectivity index (χ0) is 12.6. The van der Waals surface area contributed by atoms with E-state index in [1.807, 2.05) is 0 Å². The van der Waals surface area contributed by atoms with Crippen LogP contribution in [-0.2, 0) is 16.8 Å². The minimum absolute atomic E-state index is 0.0425. The predicted molar refractivity (Wildman–Crippen MR) is 69.4 cm³/mol. The van der Waals surface area contributed by atoms with E-state index in [-0.39, 0.29) is 11.5 Å². The number of aliphatic carboxylic acids is 1. The Labute approximate surface area is 107 Å². The van der Waals surface area contributed by atoms with Gasteiger partial charge < -0.3 is 10.4 Å². The van der Waals surface area contributed by atoms with E-state index < -0.39 is 5.97 Å². The summed E-state index contributed by atoms with van der Waals surface area (Å²) in [4.78, 5) is 11.1. The third kappa shape index (κ3) is 1.83. The second-order valence-electron chi connectivity index (χ2n) is 5.53. The zero-order valence-corrected chi connectivity index (χ0v) is 10.5. The van der Waals surface area contributed by atoms with Gasteiger partial charge in [-0.15, -0.1) is 0 Å². The zero-order valence-electron chi connectivity index (χ0n) is 10.5. The van der Waals surface area contributed by atoms with Crippen molar-refractivity contribution in [3.05, 3.63) is 35.4 Å². The minimum Gasteiger partial charge on any atom is -0.481 e. The average molecular weight is 245 g/mol. The van der Waals surface area contributed by atoms with Gasteiger partial charge in [0.2, 0.25) is 0 Å². The largest absolute Gasteiger partial charge is 0.481 e. The van der Waals surface area contributed by atoms with Crippen LogP contribution in [0.15, 0.2) is 24.3 Å². The molecule has 1 aliphatic carbocycles. The number of carboxylic acids is 1. The van der Waals surface area contributed by atoms with Crippen molar-refractivity contribution in [3.63, 3.8) is 0 Å². The highest BCUT2D eigenvalue weighted by molar-refractivity contribution is 5.70. The number of hydrogen-bond acceptors (Lipinski definition) is 2. The number of hydrogen-bond donors (Lipinski definition) is 2. The first-order chi connectivity index (χ1) is 8.71. The van der Waals surface area contributed by atoms with Crippen LogP contribution in [0.5, 0.6) is 0 Å². The van der Waals surface area contributed by atoms with Gasteiger partial charge in [-0.05, 0) is 43.2 Å². The van der Waals surface area contributed by atoms with Crippen molar-refractivity contribution in [2.45, 2.75) is 37.6 Å². The predicted octanol–water partition coefficient (Wildman–Crippen LogP) is 2.30. The normalized spacial score (nSPS) is 31.0. The van der Waals surface area contributed by atoms with E-state index in [1.165, 1.54) is 11.1 Å². The summed E-state index contributed by atoms with van der Waals surface area (Å²) in [5.74, 6) is -0.777. The molecule has 3 nitrogen and oxygen atoms in total. The Hall–Kier alpha value is -1.35. The summed E-state index contributed by atoms with van der Waals surface area (Å²) in [5.41, 5.74) is 2.88. The number of nitrogens with one attached hydrogen (secondary N) is 1. The smallest absolute Gasteiger partial charge is 0.306 e. The van der Waals surface area contributed by atoms with Crippen LogP contribution in [0.4, 0.5) is 0 Å². The van der Waals surface area contributed by atoms with Gasteiger partial charge in [-0.3, -0.25) is 4.79 Å². The maximum atomic E-state index is 11.1. The molecule has 1 heterocycles. The molecular formula is C15H19NO2. The third-order valence-electron chi connectivity index (χ3n) is 4.58. The Morgan fingerprint density at radius 1 is 1.28 bits per heavy atom. The Bertz CT molecular complexity index is 461. The third-order valence-corrected chi connectivity index (χ3v) is 4.58. The summed E-state index contributed by atoms with van der Waals surface area (Å²) in [6.45, 7) is 1.01. The molecule has 0 radical (unpaired) electrons. The lowest BCUT2D eigenvalue weighted by molar-refractivity contribution is -0.143. The molecule has 1 saturated carbocycles. The highest BCUT2D eigenvalue weighted by Crippen LogP contribution is 2.42. The highest BCUT2D eigenvalue weighted by Gasteiger charge is 2.40. The molecule has 1 aromatic carbocycles. The maximum Gasteiger partial charge on any atom is 0.306 e. The van der Waals surface area contributed by atoms with Gasteiger partial charge in [-0.1, -0.05) is 24.3 Å². The lowest BCUT2D eigenvalue weighted by atomic mass is 9.70. The Balaban J connectivity index is 1.88. The molecule has 0 aromatic heterocycles.